The van der Waals surface area contributed by atoms with Crippen molar-refractivity contribution in [1.29, 1.82) is 0 Å². The number of hydrogen-bond acceptors (Lipinski definition) is 3. The van der Waals surface area contributed by atoms with Gasteiger partial charge in [-0.15, -0.1) is 0 Å². The van der Waals surface area contributed by atoms with Gasteiger partial charge in [-0.25, -0.2) is 4.98 Å². The summed E-state index contributed by atoms with van der Waals surface area (Å²) in [6, 6.07) is 4.61. The second-order valence-corrected chi connectivity index (χ2v) is 3.74. The number of aromatic nitrogens is 2. The Bertz CT molecular complexity index is 562. The van der Waals surface area contributed by atoms with Crippen molar-refractivity contribution >= 4 is 27.0 Å². The quantitative estimate of drug-likeness (QED) is 0.724. The number of nitrogens with zero attached hydrogens (tertiary/aromatic N) is 2. The van der Waals surface area contributed by atoms with Crippen LogP contribution < -0.4 is 5.56 Å². The van der Waals surface area contributed by atoms with E-state index >= 15 is 0 Å². The standard InChI is InChI=1S/C9H7BrN2O2/c1-12-5-2-3-7(10)11-9(5)6(13)4-8(12)14/h2-4,13H,1H3. The summed E-state index contributed by atoms with van der Waals surface area (Å²) < 4.78 is 2.06. The predicted molar refractivity (Wildman–Crippen MR) is 56.3 cm³/mol. The summed E-state index contributed by atoms with van der Waals surface area (Å²) >= 11 is 3.20. The largest absolute Gasteiger partial charge is 0.505 e. The molecule has 0 atom stereocenters. The summed E-state index contributed by atoms with van der Waals surface area (Å²) in [5.74, 6) is -0.0931. The number of rotatable bonds is 0. The van der Waals surface area contributed by atoms with Crippen molar-refractivity contribution in [3.8, 4) is 5.75 Å². The summed E-state index contributed by atoms with van der Waals surface area (Å²) in [6.45, 7) is 0. The molecule has 4 nitrogen and oxygen atoms in total. The summed E-state index contributed by atoms with van der Waals surface area (Å²) in [5.41, 5.74) is 0.777. The maximum atomic E-state index is 11.3. The van der Waals surface area contributed by atoms with E-state index in [1.807, 2.05) is 0 Å². The van der Waals surface area contributed by atoms with E-state index in [0.29, 0.717) is 15.6 Å². The average molecular weight is 255 g/mol. The number of fused-ring (bicyclic) bond motifs is 1. The van der Waals surface area contributed by atoms with E-state index in [4.69, 9.17) is 0 Å². The molecule has 0 amide bonds. The molecule has 0 fully saturated rings. The summed E-state index contributed by atoms with van der Waals surface area (Å²) in [6.07, 6.45) is 0. The lowest BCUT2D eigenvalue weighted by Crippen LogP contribution is -2.15. The third-order valence-electron chi connectivity index (χ3n) is 2.03. The lowest BCUT2D eigenvalue weighted by atomic mass is 10.3. The van der Waals surface area contributed by atoms with Gasteiger partial charge in [0.25, 0.3) is 5.56 Å². The molecule has 0 aromatic carbocycles. The molecule has 0 saturated heterocycles. The Morgan fingerprint density at radius 1 is 1.50 bits per heavy atom. The van der Waals surface area contributed by atoms with Crippen LogP contribution in [0, 0.1) is 0 Å². The van der Waals surface area contributed by atoms with Crippen LogP contribution in [0.2, 0.25) is 0 Å². The maximum Gasteiger partial charge on any atom is 0.254 e. The zero-order chi connectivity index (χ0) is 10.3. The Balaban J connectivity index is 3.02. The first-order valence-corrected chi connectivity index (χ1v) is 4.74. The highest BCUT2D eigenvalue weighted by atomic mass is 79.9. The second kappa shape index (κ2) is 3.09. The van der Waals surface area contributed by atoms with E-state index < -0.39 is 0 Å². The molecule has 1 N–H and O–H groups in total. The highest BCUT2D eigenvalue weighted by molar-refractivity contribution is 9.10. The van der Waals surface area contributed by atoms with Crippen molar-refractivity contribution in [1.82, 2.24) is 9.55 Å². The molecule has 0 aliphatic rings. The van der Waals surface area contributed by atoms with Crippen LogP contribution in [-0.4, -0.2) is 14.7 Å². The minimum absolute atomic E-state index is 0.0931. The fraction of sp³-hybridized carbons (Fsp3) is 0.111. The van der Waals surface area contributed by atoms with Gasteiger partial charge in [0, 0.05) is 13.1 Å². The minimum Gasteiger partial charge on any atom is -0.505 e. The molecule has 0 bridgehead atoms. The van der Waals surface area contributed by atoms with Crippen LogP contribution in [0.25, 0.3) is 11.0 Å². The van der Waals surface area contributed by atoms with Gasteiger partial charge in [0.05, 0.1) is 5.52 Å². The normalized spacial score (nSPS) is 10.7. The SMILES string of the molecule is Cn1c(=O)cc(O)c2nc(Br)ccc21. The highest BCUT2D eigenvalue weighted by Gasteiger charge is 2.06. The van der Waals surface area contributed by atoms with Crippen LogP contribution in [0.15, 0.2) is 27.6 Å². The first-order chi connectivity index (χ1) is 6.59. The molecular formula is C9H7BrN2O2. The Hall–Kier alpha value is -1.36. The van der Waals surface area contributed by atoms with E-state index in [-0.39, 0.29) is 11.3 Å². The molecule has 0 radical (unpaired) electrons. The van der Waals surface area contributed by atoms with Crippen LogP contribution in [0.4, 0.5) is 0 Å². The van der Waals surface area contributed by atoms with Gasteiger partial charge in [0.15, 0.2) is 0 Å². The Kier molecular flexibility index (Phi) is 2.03. The van der Waals surface area contributed by atoms with Gasteiger partial charge in [-0.1, -0.05) is 0 Å². The maximum absolute atomic E-state index is 11.3. The number of aromatic hydroxyl groups is 1. The Morgan fingerprint density at radius 3 is 2.93 bits per heavy atom. The zero-order valence-corrected chi connectivity index (χ0v) is 8.95. The monoisotopic (exact) mass is 254 g/mol. The lowest BCUT2D eigenvalue weighted by molar-refractivity contribution is 0.478. The van der Waals surface area contributed by atoms with Crippen molar-refractivity contribution in [3.05, 3.63) is 33.2 Å². The van der Waals surface area contributed by atoms with Crippen molar-refractivity contribution < 1.29 is 5.11 Å². The molecule has 0 saturated carbocycles. The van der Waals surface area contributed by atoms with Crippen molar-refractivity contribution in [2.24, 2.45) is 7.05 Å². The summed E-state index contributed by atoms with van der Waals surface area (Å²) in [7, 11) is 1.64. The smallest absolute Gasteiger partial charge is 0.254 e. The zero-order valence-electron chi connectivity index (χ0n) is 7.36. The number of aryl methyl sites for hydroxylation is 1. The third kappa shape index (κ3) is 1.29. The van der Waals surface area contributed by atoms with Gasteiger partial charge in [-0.3, -0.25) is 4.79 Å². The summed E-state index contributed by atoms with van der Waals surface area (Å²) in [5, 5.41) is 9.50. The number of pyridine rings is 2. The molecule has 2 rings (SSSR count). The van der Waals surface area contributed by atoms with Gasteiger partial charge < -0.3 is 9.67 Å². The van der Waals surface area contributed by atoms with Gasteiger partial charge in [0.1, 0.15) is 15.9 Å². The van der Waals surface area contributed by atoms with Crippen LogP contribution in [-0.2, 0) is 7.05 Å². The van der Waals surface area contributed by atoms with E-state index in [9.17, 15) is 9.90 Å². The van der Waals surface area contributed by atoms with E-state index in [0.717, 1.165) is 6.07 Å². The Morgan fingerprint density at radius 2 is 2.21 bits per heavy atom. The lowest BCUT2D eigenvalue weighted by Gasteiger charge is -2.05. The first kappa shape index (κ1) is 9.21. The molecule has 0 spiro atoms. The molecule has 14 heavy (non-hydrogen) atoms. The van der Waals surface area contributed by atoms with Crippen LogP contribution >= 0.6 is 15.9 Å². The van der Waals surface area contributed by atoms with Gasteiger partial charge in [-0.05, 0) is 28.1 Å². The Labute approximate surface area is 88.0 Å². The molecule has 5 heteroatoms. The third-order valence-corrected chi connectivity index (χ3v) is 2.48. The topological polar surface area (TPSA) is 55.1 Å². The fourth-order valence-corrected chi connectivity index (χ4v) is 1.60. The molecule has 0 unspecified atom stereocenters. The van der Waals surface area contributed by atoms with E-state index in [1.54, 1.807) is 19.2 Å². The van der Waals surface area contributed by atoms with Crippen molar-refractivity contribution in [2.75, 3.05) is 0 Å². The summed E-state index contributed by atoms with van der Waals surface area (Å²) in [4.78, 5) is 15.4. The molecule has 2 aromatic rings. The van der Waals surface area contributed by atoms with Gasteiger partial charge in [0.2, 0.25) is 0 Å². The fourth-order valence-electron chi connectivity index (χ4n) is 1.29. The molecule has 72 valence electrons. The van der Waals surface area contributed by atoms with E-state index in [2.05, 4.69) is 20.9 Å². The molecule has 0 aliphatic heterocycles. The van der Waals surface area contributed by atoms with Gasteiger partial charge >= 0.3 is 0 Å². The minimum atomic E-state index is -0.251. The number of hydrogen-bond donors (Lipinski definition) is 1. The number of halogens is 1. The first-order valence-electron chi connectivity index (χ1n) is 3.95. The average Bonchev–Trinajstić information content (AvgIpc) is 2.14. The highest BCUT2D eigenvalue weighted by Crippen LogP contribution is 2.21. The van der Waals surface area contributed by atoms with Crippen molar-refractivity contribution in [2.45, 2.75) is 0 Å². The van der Waals surface area contributed by atoms with Crippen LogP contribution in [0.3, 0.4) is 0 Å². The molecule has 0 aliphatic carbocycles. The van der Waals surface area contributed by atoms with E-state index in [1.165, 1.54) is 4.57 Å². The molecule has 2 heterocycles. The van der Waals surface area contributed by atoms with Crippen molar-refractivity contribution in [3.63, 3.8) is 0 Å². The predicted octanol–water partition coefficient (Wildman–Crippen LogP) is 1.40. The van der Waals surface area contributed by atoms with Gasteiger partial charge in [-0.2, -0.15) is 0 Å². The molecular weight excluding hydrogens is 248 g/mol. The van der Waals surface area contributed by atoms with Crippen LogP contribution in [0.1, 0.15) is 0 Å². The van der Waals surface area contributed by atoms with Crippen LogP contribution in [0.5, 0.6) is 5.75 Å². The molecule has 2 aromatic heterocycles. The second-order valence-electron chi connectivity index (χ2n) is 2.93.